The fourth-order valence-corrected chi connectivity index (χ4v) is 4.55. The van der Waals surface area contributed by atoms with E-state index < -0.39 is 10.0 Å². The third-order valence-corrected chi connectivity index (χ3v) is 7.41. The number of benzene rings is 2. The number of nitrogens with one attached hydrogen (secondary N) is 1. The summed E-state index contributed by atoms with van der Waals surface area (Å²) in [7, 11) is -0.566. The molecule has 0 heterocycles. The molecular formula is C23H31N3O3S. The summed E-state index contributed by atoms with van der Waals surface area (Å²) in [5.74, 6) is -0.135. The Balaban J connectivity index is 1.69. The molecule has 2 aromatic carbocycles. The molecule has 0 radical (unpaired) electrons. The zero-order valence-electron chi connectivity index (χ0n) is 18.2. The molecule has 0 atom stereocenters. The first kappa shape index (κ1) is 22.5. The molecule has 3 rings (SSSR count). The normalized spacial score (nSPS) is 14.3. The van der Waals surface area contributed by atoms with E-state index in [0.29, 0.717) is 17.3 Å². The number of carbonyl (C=O) groups excluding carboxylic acids is 1. The fraction of sp³-hybridized carbons (Fsp3) is 0.435. The first-order valence-corrected chi connectivity index (χ1v) is 11.8. The first-order valence-electron chi connectivity index (χ1n) is 10.4. The largest absolute Gasteiger partial charge is 0.325 e. The van der Waals surface area contributed by atoms with Crippen LogP contribution in [-0.4, -0.2) is 50.2 Å². The maximum Gasteiger partial charge on any atom is 0.242 e. The minimum absolute atomic E-state index is 0.135. The molecule has 1 N–H and O–H groups in total. The number of hydrogen-bond acceptors (Lipinski definition) is 4. The maximum atomic E-state index is 12.7. The Bertz CT molecular complexity index is 997. The number of nitrogens with zero attached hydrogens (tertiary/aromatic N) is 2. The summed E-state index contributed by atoms with van der Waals surface area (Å²) in [6, 6.07) is 14.0. The zero-order chi connectivity index (χ0) is 21.9. The van der Waals surface area contributed by atoms with E-state index in [1.54, 1.807) is 19.1 Å². The van der Waals surface area contributed by atoms with Crippen molar-refractivity contribution in [2.24, 2.45) is 0 Å². The molecule has 0 bridgehead atoms. The third-order valence-electron chi connectivity index (χ3n) is 5.46. The number of anilines is 1. The van der Waals surface area contributed by atoms with Crippen LogP contribution in [0.4, 0.5) is 5.69 Å². The molecule has 1 aliphatic rings. The van der Waals surface area contributed by atoms with Gasteiger partial charge in [0.1, 0.15) is 0 Å². The minimum atomic E-state index is -3.57. The highest BCUT2D eigenvalue weighted by molar-refractivity contribution is 7.89. The van der Waals surface area contributed by atoms with Crippen LogP contribution >= 0.6 is 0 Å². The molecule has 0 saturated heterocycles. The summed E-state index contributed by atoms with van der Waals surface area (Å²) in [6.07, 6.45) is 3.23. The summed E-state index contributed by atoms with van der Waals surface area (Å²) in [6.45, 7) is 4.90. The molecular weight excluding hydrogens is 398 g/mol. The Hall–Kier alpha value is -2.22. The van der Waals surface area contributed by atoms with Crippen molar-refractivity contribution in [2.75, 3.05) is 26.0 Å². The number of hydrogen-bond donors (Lipinski definition) is 1. The Morgan fingerprint density at radius 3 is 2.27 bits per heavy atom. The molecule has 7 heteroatoms. The highest BCUT2D eigenvalue weighted by Gasteiger charge is 2.30. The van der Waals surface area contributed by atoms with E-state index in [1.807, 2.05) is 0 Å². The van der Waals surface area contributed by atoms with E-state index in [2.05, 4.69) is 41.4 Å². The Kier molecular flexibility index (Phi) is 6.95. The second-order valence-electron chi connectivity index (χ2n) is 8.12. The van der Waals surface area contributed by atoms with E-state index in [0.717, 1.165) is 25.8 Å². The van der Waals surface area contributed by atoms with Gasteiger partial charge in [0.15, 0.2) is 0 Å². The van der Waals surface area contributed by atoms with Crippen LogP contribution in [0.25, 0.3) is 0 Å². The summed E-state index contributed by atoms with van der Waals surface area (Å²) in [5.41, 5.74) is 3.64. The van der Waals surface area contributed by atoms with Crippen LogP contribution in [-0.2, 0) is 27.8 Å². The molecule has 6 nitrogen and oxygen atoms in total. The quantitative estimate of drug-likeness (QED) is 0.663. The first-order chi connectivity index (χ1) is 14.2. The van der Waals surface area contributed by atoms with E-state index in [-0.39, 0.29) is 17.3 Å². The van der Waals surface area contributed by atoms with Crippen LogP contribution in [0.3, 0.4) is 0 Å². The number of rotatable bonds is 9. The molecule has 0 aromatic heterocycles. The molecule has 0 aliphatic heterocycles. The summed E-state index contributed by atoms with van der Waals surface area (Å²) in [4.78, 5) is 15.1. The zero-order valence-corrected chi connectivity index (χ0v) is 19.0. The number of sulfonamides is 1. The molecule has 1 aliphatic carbocycles. The lowest BCUT2D eigenvalue weighted by molar-refractivity contribution is -0.117. The molecule has 0 unspecified atom stereocenters. The average Bonchev–Trinajstić information content (AvgIpc) is 3.54. The number of amides is 1. The van der Waals surface area contributed by atoms with Crippen molar-refractivity contribution in [3.63, 3.8) is 0 Å². The van der Waals surface area contributed by atoms with Gasteiger partial charge in [0.05, 0.1) is 11.4 Å². The Morgan fingerprint density at radius 1 is 1.07 bits per heavy atom. The fourth-order valence-electron chi connectivity index (χ4n) is 3.41. The molecule has 1 saturated carbocycles. The van der Waals surface area contributed by atoms with Gasteiger partial charge in [0.2, 0.25) is 15.9 Å². The molecule has 2 aromatic rings. The topological polar surface area (TPSA) is 69.7 Å². The molecule has 30 heavy (non-hydrogen) atoms. The Morgan fingerprint density at radius 2 is 1.70 bits per heavy atom. The van der Waals surface area contributed by atoms with Crippen LogP contribution in [0, 0.1) is 6.92 Å². The van der Waals surface area contributed by atoms with Gasteiger partial charge in [0.25, 0.3) is 0 Å². The Labute approximate surface area is 179 Å². The lowest BCUT2D eigenvalue weighted by atomic mass is 10.1. The van der Waals surface area contributed by atoms with Crippen molar-refractivity contribution in [2.45, 2.75) is 50.6 Å². The van der Waals surface area contributed by atoms with Crippen LogP contribution in [0.1, 0.15) is 36.5 Å². The van der Waals surface area contributed by atoms with Crippen LogP contribution in [0.15, 0.2) is 47.4 Å². The van der Waals surface area contributed by atoms with Crippen molar-refractivity contribution < 1.29 is 13.2 Å². The predicted molar refractivity (Wildman–Crippen MR) is 120 cm³/mol. The van der Waals surface area contributed by atoms with Crippen molar-refractivity contribution in [1.29, 1.82) is 0 Å². The monoisotopic (exact) mass is 429 g/mol. The van der Waals surface area contributed by atoms with Gasteiger partial charge >= 0.3 is 0 Å². The van der Waals surface area contributed by atoms with Gasteiger partial charge in [-0.25, -0.2) is 12.7 Å². The molecule has 162 valence electrons. The van der Waals surface area contributed by atoms with E-state index in [9.17, 15) is 13.2 Å². The van der Waals surface area contributed by atoms with Gasteiger partial charge in [-0.2, -0.15) is 0 Å². The van der Waals surface area contributed by atoms with Crippen LogP contribution in [0.5, 0.6) is 0 Å². The van der Waals surface area contributed by atoms with Gasteiger partial charge in [0, 0.05) is 32.4 Å². The van der Waals surface area contributed by atoms with Crippen LogP contribution in [0.2, 0.25) is 0 Å². The maximum absolute atomic E-state index is 12.7. The van der Waals surface area contributed by atoms with Crippen molar-refractivity contribution in [1.82, 2.24) is 9.21 Å². The lowest BCUT2D eigenvalue weighted by Crippen LogP contribution is -2.34. The van der Waals surface area contributed by atoms with Crippen molar-refractivity contribution >= 4 is 21.6 Å². The number of carbonyl (C=O) groups is 1. The SMILES string of the molecule is CCc1ccc(CN(CC(=O)Nc2ccc(C)c(S(=O)(=O)N(C)C)c2)C2CC2)cc1. The molecule has 1 fully saturated rings. The van der Waals surface area contributed by atoms with E-state index in [4.69, 9.17) is 0 Å². The van der Waals surface area contributed by atoms with Gasteiger partial charge in [-0.3, -0.25) is 9.69 Å². The lowest BCUT2D eigenvalue weighted by Gasteiger charge is -2.22. The van der Waals surface area contributed by atoms with Crippen LogP contribution < -0.4 is 5.32 Å². The summed E-state index contributed by atoms with van der Waals surface area (Å²) < 4.78 is 26.2. The van der Waals surface area contributed by atoms with E-state index >= 15 is 0 Å². The van der Waals surface area contributed by atoms with Gasteiger partial charge in [-0.15, -0.1) is 0 Å². The predicted octanol–water partition coefficient (Wildman–Crippen LogP) is 3.41. The molecule has 1 amide bonds. The van der Waals surface area contributed by atoms with Gasteiger partial charge in [-0.1, -0.05) is 37.3 Å². The highest BCUT2D eigenvalue weighted by Crippen LogP contribution is 2.28. The summed E-state index contributed by atoms with van der Waals surface area (Å²) >= 11 is 0. The summed E-state index contributed by atoms with van der Waals surface area (Å²) in [5, 5.41) is 2.87. The third kappa shape index (κ3) is 5.47. The molecule has 0 spiro atoms. The minimum Gasteiger partial charge on any atom is -0.325 e. The van der Waals surface area contributed by atoms with Crippen molar-refractivity contribution in [3.05, 3.63) is 59.2 Å². The van der Waals surface area contributed by atoms with E-state index in [1.165, 1.54) is 35.6 Å². The average molecular weight is 430 g/mol. The second-order valence-corrected chi connectivity index (χ2v) is 10.2. The van der Waals surface area contributed by atoms with Crippen molar-refractivity contribution in [3.8, 4) is 0 Å². The second kappa shape index (κ2) is 9.29. The van der Waals surface area contributed by atoms with Gasteiger partial charge in [-0.05, 0) is 55.0 Å². The number of aryl methyl sites for hydroxylation is 2. The smallest absolute Gasteiger partial charge is 0.242 e. The van der Waals surface area contributed by atoms with Gasteiger partial charge < -0.3 is 5.32 Å². The standard InChI is InChI=1S/C23H31N3O3S/c1-5-18-7-9-19(10-8-18)15-26(21-12-13-21)16-23(27)24-20-11-6-17(2)22(14-20)30(28,29)25(3)4/h6-11,14,21H,5,12-13,15-16H2,1-4H3,(H,24,27). The highest BCUT2D eigenvalue weighted by atomic mass is 32.2.